The SMILES string of the molecule is O=C(O)C1CCCC1Cc1cc(Br)cc2c1OCC2. The van der Waals surface area contributed by atoms with Gasteiger partial charge < -0.3 is 9.84 Å². The molecule has 2 aliphatic rings. The van der Waals surface area contributed by atoms with Crippen molar-refractivity contribution in [1.82, 2.24) is 0 Å². The molecule has 3 rings (SSSR count). The highest BCUT2D eigenvalue weighted by Crippen LogP contribution is 2.39. The second-order valence-electron chi connectivity index (χ2n) is 5.49. The maximum Gasteiger partial charge on any atom is 0.306 e. The molecule has 1 aromatic carbocycles. The number of carboxylic acid groups (broad SMARTS) is 1. The van der Waals surface area contributed by atoms with Gasteiger partial charge in [0.25, 0.3) is 0 Å². The Morgan fingerprint density at radius 2 is 2.26 bits per heavy atom. The second kappa shape index (κ2) is 5.16. The predicted octanol–water partition coefficient (Wildman–Crippen LogP) is 3.43. The van der Waals surface area contributed by atoms with E-state index in [0.717, 1.165) is 48.9 Å². The number of hydrogen-bond acceptors (Lipinski definition) is 2. The topological polar surface area (TPSA) is 46.5 Å². The molecular formula is C15H17BrO3. The van der Waals surface area contributed by atoms with Crippen molar-refractivity contribution in [1.29, 1.82) is 0 Å². The van der Waals surface area contributed by atoms with Crippen LogP contribution in [0.4, 0.5) is 0 Å². The molecule has 0 saturated heterocycles. The minimum absolute atomic E-state index is 0.184. The Morgan fingerprint density at radius 1 is 1.42 bits per heavy atom. The van der Waals surface area contributed by atoms with Crippen LogP contribution in [0.15, 0.2) is 16.6 Å². The highest BCUT2D eigenvalue weighted by Gasteiger charge is 2.34. The first-order valence-electron chi connectivity index (χ1n) is 6.82. The quantitative estimate of drug-likeness (QED) is 0.926. The van der Waals surface area contributed by atoms with E-state index in [-0.39, 0.29) is 11.8 Å². The summed E-state index contributed by atoms with van der Waals surface area (Å²) < 4.78 is 6.79. The lowest BCUT2D eigenvalue weighted by Crippen LogP contribution is -2.20. The third-order valence-electron chi connectivity index (χ3n) is 4.28. The van der Waals surface area contributed by atoms with Crippen LogP contribution >= 0.6 is 15.9 Å². The molecule has 4 heteroatoms. The number of halogens is 1. The van der Waals surface area contributed by atoms with Gasteiger partial charge in [-0.15, -0.1) is 0 Å². The normalized spacial score (nSPS) is 25.1. The van der Waals surface area contributed by atoms with Crippen LogP contribution in [0.2, 0.25) is 0 Å². The molecule has 2 atom stereocenters. The van der Waals surface area contributed by atoms with E-state index >= 15 is 0 Å². The smallest absolute Gasteiger partial charge is 0.306 e. The summed E-state index contributed by atoms with van der Waals surface area (Å²) in [4.78, 5) is 11.3. The van der Waals surface area contributed by atoms with Crippen LogP contribution in [0.5, 0.6) is 5.75 Å². The van der Waals surface area contributed by atoms with Crippen LogP contribution in [-0.4, -0.2) is 17.7 Å². The van der Waals surface area contributed by atoms with Crippen molar-refractivity contribution < 1.29 is 14.6 Å². The lowest BCUT2D eigenvalue weighted by Gasteiger charge is -2.17. The molecule has 1 aliphatic carbocycles. The van der Waals surface area contributed by atoms with Crippen molar-refractivity contribution in [3.8, 4) is 5.75 Å². The average molecular weight is 325 g/mol. The third kappa shape index (κ3) is 2.50. The van der Waals surface area contributed by atoms with Gasteiger partial charge in [-0.05, 0) is 48.4 Å². The van der Waals surface area contributed by atoms with Crippen molar-refractivity contribution in [3.05, 3.63) is 27.7 Å². The van der Waals surface area contributed by atoms with Crippen LogP contribution in [0.25, 0.3) is 0 Å². The molecule has 19 heavy (non-hydrogen) atoms. The Hall–Kier alpha value is -1.03. The Labute approximate surface area is 121 Å². The van der Waals surface area contributed by atoms with Gasteiger partial charge in [0, 0.05) is 10.9 Å². The Kier molecular flexibility index (Phi) is 3.52. The van der Waals surface area contributed by atoms with Crippen LogP contribution in [0.3, 0.4) is 0 Å². The Balaban J connectivity index is 1.85. The van der Waals surface area contributed by atoms with Gasteiger partial charge in [-0.25, -0.2) is 0 Å². The van der Waals surface area contributed by atoms with Gasteiger partial charge in [-0.2, -0.15) is 0 Å². The zero-order valence-corrected chi connectivity index (χ0v) is 12.3. The Morgan fingerprint density at radius 3 is 3.05 bits per heavy atom. The molecule has 1 aromatic rings. The van der Waals surface area contributed by atoms with Crippen LogP contribution in [0, 0.1) is 11.8 Å². The van der Waals surface area contributed by atoms with Crippen LogP contribution in [0.1, 0.15) is 30.4 Å². The maximum atomic E-state index is 11.3. The minimum Gasteiger partial charge on any atom is -0.493 e. The molecular weight excluding hydrogens is 308 g/mol. The van der Waals surface area contributed by atoms with Gasteiger partial charge in [-0.1, -0.05) is 22.4 Å². The maximum absolute atomic E-state index is 11.3. The van der Waals surface area contributed by atoms with Gasteiger partial charge in [0.15, 0.2) is 0 Å². The number of hydrogen-bond donors (Lipinski definition) is 1. The highest BCUT2D eigenvalue weighted by atomic mass is 79.9. The molecule has 0 radical (unpaired) electrons. The van der Waals surface area contributed by atoms with E-state index in [1.54, 1.807) is 0 Å². The standard InChI is InChI=1S/C15H17BrO3/c16-12-7-10-4-5-19-14(10)11(8-12)6-9-2-1-3-13(9)15(17)18/h7-9,13H,1-6H2,(H,17,18). The summed E-state index contributed by atoms with van der Waals surface area (Å²) in [6.45, 7) is 0.742. The third-order valence-corrected chi connectivity index (χ3v) is 4.74. The summed E-state index contributed by atoms with van der Waals surface area (Å²) in [5.74, 6) is 0.422. The highest BCUT2D eigenvalue weighted by molar-refractivity contribution is 9.10. The number of carboxylic acids is 1. The molecule has 1 aliphatic heterocycles. The van der Waals surface area contributed by atoms with E-state index in [4.69, 9.17) is 4.74 Å². The lowest BCUT2D eigenvalue weighted by molar-refractivity contribution is -0.142. The minimum atomic E-state index is -0.643. The van der Waals surface area contributed by atoms with Gasteiger partial charge in [-0.3, -0.25) is 4.79 Å². The first-order valence-corrected chi connectivity index (χ1v) is 7.61. The molecule has 1 heterocycles. The van der Waals surface area contributed by atoms with Crippen LogP contribution in [-0.2, 0) is 17.6 Å². The predicted molar refractivity (Wildman–Crippen MR) is 75.5 cm³/mol. The van der Waals surface area contributed by atoms with E-state index in [0.29, 0.717) is 0 Å². The van der Waals surface area contributed by atoms with Crippen molar-refractivity contribution in [3.63, 3.8) is 0 Å². The summed E-state index contributed by atoms with van der Waals surface area (Å²) in [7, 11) is 0. The molecule has 0 aromatic heterocycles. The fourth-order valence-corrected chi connectivity index (χ4v) is 3.94. The number of fused-ring (bicyclic) bond motifs is 1. The summed E-state index contributed by atoms with van der Waals surface area (Å²) in [6.07, 6.45) is 4.63. The zero-order valence-electron chi connectivity index (χ0n) is 10.7. The number of ether oxygens (including phenoxy) is 1. The fourth-order valence-electron chi connectivity index (χ4n) is 3.39. The number of benzene rings is 1. The average Bonchev–Trinajstić information content (AvgIpc) is 2.96. The van der Waals surface area contributed by atoms with Crippen molar-refractivity contribution in [2.24, 2.45) is 11.8 Å². The van der Waals surface area contributed by atoms with E-state index in [1.165, 1.54) is 11.1 Å². The second-order valence-corrected chi connectivity index (χ2v) is 6.41. The zero-order chi connectivity index (χ0) is 13.4. The van der Waals surface area contributed by atoms with E-state index in [1.807, 2.05) is 0 Å². The van der Waals surface area contributed by atoms with Gasteiger partial charge in [0.2, 0.25) is 0 Å². The van der Waals surface area contributed by atoms with Crippen molar-refractivity contribution in [2.75, 3.05) is 6.61 Å². The number of carbonyl (C=O) groups is 1. The molecule has 1 saturated carbocycles. The first kappa shape index (κ1) is 13.0. The first-order chi connectivity index (χ1) is 9.15. The molecule has 102 valence electrons. The van der Waals surface area contributed by atoms with E-state index < -0.39 is 5.97 Å². The summed E-state index contributed by atoms with van der Waals surface area (Å²) in [5.41, 5.74) is 2.41. The molecule has 0 bridgehead atoms. The fraction of sp³-hybridized carbons (Fsp3) is 0.533. The molecule has 2 unspecified atom stereocenters. The van der Waals surface area contributed by atoms with E-state index in [2.05, 4.69) is 28.1 Å². The number of aliphatic carboxylic acids is 1. The van der Waals surface area contributed by atoms with Gasteiger partial charge >= 0.3 is 5.97 Å². The molecule has 1 N–H and O–H groups in total. The number of rotatable bonds is 3. The summed E-state index contributed by atoms with van der Waals surface area (Å²) in [6, 6.07) is 4.19. The van der Waals surface area contributed by atoms with Crippen molar-refractivity contribution in [2.45, 2.75) is 32.1 Å². The summed E-state index contributed by atoms with van der Waals surface area (Å²) >= 11 is 3.54. The Bertz CT molecular complexity index is 512. The monoisotopic (exact) mass is 324 g/mol. The molecule has 3 nitrogen and oxygen atoms in total. The van der Waals surface area contributed by atoms with Gasteiger partial charge in [0.1, 0.15) is 5.75 Å². The summed E-state index contributed by atoms with van der Waals surface area (Å²) in [5, 5.41) is 9.27. The van der Waals surface area contributed by atoms with Crippen LogP contribution < -0.4 is 4.74 Å². The lowest BCUT2D eigenvalue weighted by atomic mass is 9.89. The molecule has 0 amide bonds. The molecule has 0 spiro atoms. The van der Waals surface area contributed by atoms with Crippen molar-refractivity contribution >= 4 is 21.9 Å². The molecule has 1 fully saturated rings. The largest absolute Gasteiger partial charge is 0.493 e. The van der Waals surface area contributed by atoms with Gasteiger partial charge in [0.05, 0.1) is 12.5 Å². The van der Waals surface area contributed by atoms with E-state index in [9.17, 15) is 9.90 Å².